The van der Waals surface area contributed by atoms with E-state index < -0.39 is 0 Å². The molecule has 0 unspecified atom stereocenters. The molecule has 1 aliphatic heterocycles. The maximum Gasteiger partial charge on any atom is 0.242 e. The molecule has 9 heteroatoms. The topological polar surface area (TPSA) is 96.5 Å². The minimum Gasteiger partial charge on any atom is -0.491 e. The van der Waals surface area contributed by atoms with Crippen LogP contribution in [0.3, 0.4) is 0 Å². The number of nitrogens with one attached hydrogen (secondary N) is 1. The maximum atomic E-state index is 12.2. The largest absolute Gasteiger partial charge is 0.491 e. The molecule has 9 nitrogen and oxygen atoms in total. The van der Waals surface area contributed by atoms with Crippen LogP contribution in [0.2, 0.25) is 0 Å². The Morgan fingerprint density at radius 2 is 2.07 bits per heavy atom. The van der Waals surface area contributed by atoms with Crippen molar-refractivity contribution in [2.24, 2.45) is 0 Å². The van der Waals surface area contributed by atoms with Crippen molar-refractivity contribution in [2.75, 3.05) is 51.4 Å². The highest BCUT2D eigenvalue weighted by atomic mass is 16.5. The van der Waals surface area contributed by atoms with E-state index >= 15 is 0 Å². The number of carbonyl (C=O) groups excluding carboxylic acids is 1. The summed E-state index contributed by atoms with van der Waals surface area (Å²) in [6, 6.07) is 7.64. The van der Waals surface area contributed by atoms with E-state index in [1.165, 1.54) is 6.33 Å². The van der Waals surface area contributed by atoms with Crippen LogP contribution >= 0.6 is 0 Å². The number of H-pyrrole nitrogens is 1. The van der Waals surface area contributed by atoms with E-state index in [9.17, 15) is 4.79 Å². The summed E-state index contributed by atoms with van der Waals surface area (Å²) < 4.78 is 10.7. The first-order chi connectivity index (χ1) is 14.2. The number of anilines is 1. The number of rotatable bonds is 7. The van der Waals surface area contributed by atoms with Gasteiger partial charge in [0, 0.05) is 38.2 Å². The van der Waals surface area contributed by atoms with Gasteiger partial charge in [-0.25, -0.2) is 9.97 Å². The van der Waals surface area contributed by atoms with E-state index in [1.807, 2.05) is 41.0 Å². The molecule has 29 heavy (non-hydrogen) atoms. The summed E-state index contributed by atoms with van der Waals surface area (Å²) >= 11 is 0. The molecule has 1 amide bonds. The molecule has 0 spiro atoms. The van der Waals surface area contributed by atoms with Crippen LogP contribution in [0.5, 0.6) is 5.75 Å². The van der Waals surface area contributed by atoms with E-state index in [1.54, 1.807) is 7.11 Å². The Balaban J connectivity index is 1.60. The SMILES string of the molecule is CCN1CCN(c2cc(-c3n[nH]c4ccc(OCCOC)cc34)ncn2)CC1=O. The van der Waals surface area contributed by atoms with Crippen molar-refractivity contribution in [1.82, 2.24) is 25.1 Å². The molecular weight excluding hydrogens is 372 g/mol. The molecule has 3 heterocycles. The first-order valence-corrected chi connectivity index (χ1v) is 9.64. The zero-order chi connectivity index (χ0) is 20.2. The zero-order valence-corrected chi connectivity index (χ0v) is 16.6. The molecule has 1 aromatic carbocycles. The predicted octanol–water partition coefficient (Wildman–Crippen LogP) is 1.71. The second kappa shape index (κ2) is 8.44. The number of nitrogens with zero attached hydrogens (tertiary/aromatic N) is 5. The highest BCUT2D eigenvalue weighted by Crippen LogP contribution is 2.29. The highest BCUT2D eigenvalue weighted by molar-refractivity contribution is 5.93. The lowest BCUT2D eigenvalue weighted by molar-refractivity contribution is -0.130. The van der Waals surface area contributed by atoms with E-state index in [0.717, 1.165) is 41.3 Å². The zero-order valence-electron chi connectivity index (χ0n) is 16.6. The number of fused-ring (bicyclic) bond motifs is 1. The van der Waals surface area contributed by atoms with Gasteiger partial charge in [-0.05, 0) is 25.1 Å². The third-order valence-electron chi connectivity index (χ3n) is 5.01. The van der Waals surface area contributed by atoms with Gasteiger partial charge in [-0.1, -0.05) is 0 Å². The van der Waals surface area contributed by atoms with Crippen molar-refractivity contribution in [1.29, 1.82) is 0 Å². The van der Waals surface area contributed by atoms with Crippen molar-refractivity contribution >= 4 is 22.6 Å². The Morgan fingerprint density at radius 3 is 2.86 bits per heavy atom. The number of aromatic amines is 1. The number of methoxy groups -OCH3 is 1. The van der Waals surface area contributed by atoms with Gasteiger partial charge in [-0.15, -0.1) is 0 Å². The molecule has 1 fully saturated rings. The third kappa shape index (κ3) is 4.00. The van der Waals surface area contributed by atoms with Crippen LogP contribution in [0, 0.1) is 0 Å². The van der Waals surface area contributed by atoms with Crippen molar-refractivity contribution in [3.05, 3.63) is 30.6 Å². The first kappa shape index (κ1) is 19.1. The van der Waals surface area contributed by atoms with Gasteiger partial charge in [-0.3, -0.25) is 9.89 Å². The monoisotopic (exact) mass is 396 g/mol. The lowest BCUT2D eigenvalue weighted by Gasteiger charge is -2.34. The van der Waals surface area contributed by atoms with Gasteiger partial charge in [0.1, 0.15) is 30.2 Å². The van der Waals surface area contributed by atoms with Gasteiger partial charge < -0.3 is 19.3 Å². The summed E-state index contributed by atoms with van der Waals surface area (Å²) in [6.45, 7) is 5.49. The van der Waals surface area contributed by atoms with Crippen molar-refractivity contribution in [3.63, 3.8) is 0 Å². The summed E-state index contributed by atoms with van der Waals surface area (Å²) in [4.78, 5) is 24.9. The summed E-state index contributed by atoms with van der Waals surface area (Å²) in [6.07, 6.45) is 1.51. The standard InChI is InChI=1S/C20H24N6O3/c1-3-25-6-7-26(12-19(25)27)18-11-17(21-13-22-18)20-15-10-14(29-9-8-28-2)4-5-16(15)23-24-20/h4-5,10-11,13H,3,6-9,12H2,1-2H3,(H,23,24). The van der Waals surface area contributed by atoms with Gasteiger partial charge in [0.15, 0.2) is 0 Å². The molecule has 1 N–H and O–H groups in total. The number of carbonyl (C=O) groups is 1. The van der Waals surface area contributed by atoms with E-state index in [2.05, 4.69) is 20.2 Å². The quantitative estimate of drug-likeness (QED) is 0.607. The summed E-state index contributed by atoms with van der Waals surface area (Å²) in [5, 5.41) is 8.39. The van der Waals surface area contributed by atoms with Crippen LogP contribution in [0.15, 0.2) is 30.6 Å². The average Bonchev–Trinajstić information content (AvgIpc) is 3.17. The summed E-state index contributed by atoms with van der Waals surface area (Å²) in [5.41, 5.74) is 2.31. The number of amides is 1. The van der Waals surface area contributed by atoms with Gasteiger partial charge in [-0.2, -0.15) is 5.10 Å². The Labute approximate surface area is 168 Å². The van der Waals surface area contributed by atoms with E-state index in [-0.39, 0.29) is 5.91 Å². The molecule has 0 radical (unpaired) electrons. The molecule has 152 valence electrons. The minimum atomic E-state index is 0.113. The number of likely N-dealkylation sites (N-methyl/N-ethyl adjacent to an activating group) is 1. The van der Waals surface area contributed by atoms with Crippen molar-refractivity contribution < 1.29 is 14.3 Å². The summed E-state index contributed by atoms with van der Waals surface area (Å²) in [7, 11) is 1.64. The lowest BCUT2D eigenvalue weighted by Crippen LogP contribution is -2.50. The highest BCUT2D eigenvalue weighted by Gasteiger charge is 2.24. The predicted molar refractivity (Wildman–Crippen MR) is 109 cm³/mol. The van der Waals surface area contributed by atoms with Gasteiger partial charge >= 0.3 is 0 Å². The smallest absolute Gasteiger partial charge is 0.242 e. The minimum absolute atomic E-state index is 0.113. The van der Waals surface area contributed by atoms with Crippen molar-refractivity contribution in [2.45, 2.75) is 6.92 Å². The number of benzene rings is 1. The molecule has 0 atom stereocenters. The number of hydrogen-bond donors (Lipinski definition) is 1. The van der Waals surface area contributed by atoms with Crippen LogP contribution in [0.25, 0.3) is 22.3 Å². The number of aromatic nitrogens is 4. The molecule has 0 bridgehead atoms. The molecule has 4 rings (SSSR count). The van der Waals surface area contributed by atoms with Gasteiger partial charge in [0.25, 0.3) is 0 Å². The lowest BCUT2D eigenvalue weighted by atomic mass is 10.1. The number of hydrogen-bond acceptors (Lipinski definition) is 7. The van der Waals surface area contributed by atoms with E-state index in [4.69, 9.17) is 9.47 Å². The molecule has 0 saturated carbocycles. The van der Waals surface area contributed by atoms with Crippen LogP contribution in [0.1, 0.15) is 6.92 Å². The first-order valence-electron chi connectivity index (χ1n) is 9.64. The van der Waals surface area contributed by atoms with Crippen LogP contribution < -0.4 is 9.64 Å². The number of piperazine rings is 1. The number of ether oxygens (including phenoxy) is 2. The molecule has 0 aliphatic carbocycles. The molecule has 1 saturated heterocycles. The molecule has 2 aromatic heterocycles. The molecule has 3 aromatic rings. The molecule has 1 aliphatic rings. The van der Waals surface area contributed by atoms with Crippen LogP contribution in [-0.4, -0.2) is 77.5 Å². The second-order valence-corrected chi connectivity index (χ2v) is 6.78. The molecular formula is C20H24N6O3. The van der Waals surface area contributed by atoms with Gasteiger partial charge in [0.05, 0.1) is 24.4 Å². The fraction of sp³-hybridized carbons (Fsp3) is 0.400. The van der Waals surface area contributed by atoms with Crippen LogP contribution in [0.4, 0.5) is 5.82 Å². The Bertz CT molecular complexity index is 1000. The maximum absolute atomic E-state index is 12.2. The Morgan fingerprint density at radius 1 is 1.17 bits per heavy atom. The summed E-state index contributed by atoms with van der Waals surface area (Å²) in [5.74, 6) is 1.58. The fourth-order valence-corrected chi connectivity index (χ4v) is 3.41. The second-order valence-electron chi connectivity index (χ2n) is 6.78. The van der Waals surface area contributed by atoms with Crippen molar-refractivity contribution in [3.8, 4) is 17.1 Å². The Hall–Kier alpha value is -3.20. The third-order valence-corrected chi connectivity index (χ3v) is 5.01. The normalized spacial score (nSPS) is 14.6. The Kier molecular flexibility index (Phi) is 5.57. The van der Waals surface area contributed by atoms with Crippen LogP contribution in [-0.2, 0) is 9.53 Å². The average molecular weight is 396 g/mol. The van der Waals surface area contributed by atoms with E-state index in [0.29, 0.717) is 32.0 Å². The van der Waals surface area contributed by atoms with Gasteiger partial charge in [0.2, 0.25) is 5.91 Å². The fourth-order valence-electron chi connectivity index (χ4n) is 3.41.